The van der Waals surface area contributed by atoms with Gasteiger partial charge in [0.1, 0.15) is 11.9 Å². The number of nitrogens with one attached hydrogen (secondary N) is 1. The van der Waals surface area contributed by atoms with Crippen LogP contribution in [0.4, 0.5) is 4.39 Å². The molecular weight excluding hydrogens is 299 g/mol. The Bertz CT molecular complexity index is 657. The van der Waals surface area contributed by atoms with Gasteiger partial charge in [-0.15, -0.1) is 0 Å². The van der Waals surface area contributed by atoms with Gasteiger partial charge in [0.15, 0.2) is 0 Å². The fraction of sp³-hybridized carbons (Fsp3) is 0.385. The van der Waals surface area contributed by atoms with Gasteiger partial charge < -0.3 is 0 Å². The van der Waals surface area contributed by atoms with E-state index in [0.29, 0.717) is 5.56 Å². The van der Waals surface area contributed by atoms with Crippen LogP contribution >= 0.6 is 0 Å². The van der Waals surface area contributed by atoms with Crippen molar-refractivity contribution in [2.24, 2.45) is 0 Å². The molecule has 0 aromatic heterocycles. The molecule has 1 aromatic rings. The highest BCUT2D eigenvalue weighted by molar-refractivity contribution is 7.88. The molecule has 0 bridgehead atoms. The van der Waals surface area contributed by atoms with Crippen LogP contribution in [0.1, 0.15) is 18.9 Å². The average molecular weight is 314 g/mol. The first-order valence-electron chi connectivity index (χ1n) is 6.41. The minimum Gasteiger partial charge on any atom is -0.294 e. The zero-order valence-corrected chi connectivity index (χ0v) is 12.2. The monoisotopic (exact) mass is 314 g/mol. The van der Waals surface area contributed by atoms with E-state index >= 15 is 0 Å². The molecule has 1 atom stereocenters. The Morgan fingerprint density at radius 3 is 2.48 bits per heavy atom. The minimum absolute atomic E-state index is 0.266. The molecule has 1 aliphatic rings. The van der Waals surface area contributed by atoms with E-state index in [1.165, 1.54) is 12.1 Å². The molecule has 1 aromatic carbocycles. The molecule has 2 amide bonds. The maximum absolute atomic E-state index is 12.8. The van der Waals surface area contributed by atoms with Crippen LogP contribution in [0.3, 0.4) is 0 Å². The number of imide groups is 1. The molecule has 8 heteroatoms. The molecule has 6 nitrogen and oxygen atoms in total. The molecule has 21 heavy (non-hydrogen) atoms. The van der Waals surface area contributed by atoms with Crippen molar-refractivity contribution in [2.45, 2.75) is 25.1 Å². The summed E-state index contributed by atoms with van der Waals surface area (Å²) in [6, 6.07) is 4.15. The third-order valence-corrected chi connectivity index (χ3v) is 5.01. The molecule has 1 aliphatic heterocycles. The number of rotatable bonds is 4. The second kappa shape index (κ2) is 5.90. The van der Waals surface area contributed by atoms with Gasteiger partial charge in [-0.3, -0.25) is 14.9 Å². The van der Waals surface area contributed by atoms with Crippen LogP contribution < -0.4 is 5.32 Å². The van der Waals surface area contributed by atoms with E-state index < -0.39 is 33.7 Å². The van der Waals surface area contributed by atoms with Gasteiger partial charge in [-0.25, -0.2) is 12.8 Å². The van der Waals surface area contributed by atoms with Crippen molar-refractivity contribution in [1.82, 2.24) is 9.62 Å². The SMILES string of the molecule is CCC1C(=O)NC(=O)CN1S(=O)(=O)Cc1ccc(F)cc1. The van der Waals surface area contributed by atoms with Gasteiger partial charge in [-0.1, -0.05) is 19.1 Å². The Kier molecular flexibility index (Phi) is 4.38. The first kappa shape index (κ1) is 15.6. The highest BCUT2D eigenvalue weighted by Crippen LogP contribution is 2.18. The molecule has 0 saturated carbocycles. The van der Waals surface area contributed by atoms with Crippen molar-refractivity contribution >= 4 is 21.8 Å². The molecule has 0 radical (unpaired) electrons. The quantitative estimate of drug-likeness (QED) is 0.815. The third kappa shape index (κ3) is 3.45. The maximum Gasteiger partial charge on any atom is 0.245 e. The second-order valence-corrected chi connectivity index (χ2v) is 6.69. The standard InChI is InChI=1S/C13H15FN2O4S/c1-2-11-13(18)15-12(17)7-16(11)21(19,20)8-9-3-5-10(14)6-4-9/h3-6,11H,2,7-8H2,1H3,(H,15,17,18). The number of hydrogen-bond donors (Lipinski definition) is 1. The molecule has 1 saturated heterocycles. The van der Waals surface area contributed by atoms with Crippen molar-refractivity contribution in [3.8, 4) is 0 Å². The van der Waals surface area contributed by atoms with Crippen LogP contribution in [0, 0.1) is 5.82 Å². The van der Waals surface area contributed by atoms with Gasteiger partial charge in [0.25, 0.3) is 0 Å². The minimum atomic E-state index is -3.85. The Labute approximate surface area is 122 Å². The maximum atomic E-state index is 12.8. The average Bonchev–Trinajstić information content (AvgIpc) is 2.40. The largest absolute Gasteiger partial charge is 0.294 e. The lowest BCUT2D eigenvalue weighted by Crippen LogP contribution is -2.59. The highest BCUT2D eigenvalue weighted by atomic mass is 32.2. The van der Waals surface area contributed by atoms with E-state index in [1.807, 2.05) is 0 Å². The van der Waals surface area contributed by atoms with Crippen molar-refractivity contribution in [2.75, 3.05) is 6.54 Å². The summed E-state index contributed by atoms with van der Waals surface area (Å²) >= 11 is 0. The van der Waals surface area contributed by atoms with Crippen LogP contribution in [0.5, 0.6) is 0 Å². The van der Waals surface area contributed by atoms with E-state index in [-0.39, 0.29) is 18.7 Å². The molecule has 1 unspecified atom stereocenters. The highest BCUT2D eigenvalue weighted by Gasteiger charge is 2.39. The number of hydrogen-bond acceptors (Lipinski definition) is 4. The van der Waals surface area contributed by atoms with E-state index in [1.54, 1.807) is 6.92 Å². The lowest BCUT2D eigenvalue weighted by atomic mass is 10.2. The van der Waals surface area contributed by atoms with Crippen molar-refractivity contribution in [1.29, 1.82) is 0 Å². The number of nitrogens with zero attached hydrogens (tertiary/aromatic N) is 1. The number of benzene rings is 1. The summed E-state index contributed by atoms with van der Waals surface area (Å²) in [4.78, 5) is 23.1. The summed E-state index contributed by atoms with van der Waals surface area (Å²) in [5, 5.41) is 2.12. The predicted molar refractivity (Wildman–Crippen MR) is 73.0 cm³/mol. The second-order valence-electron chi connectivity index (χ2n) is 4.76. The number of carbonyl (C=O) groups excluding carboxylic acids is 2. The molecule has 1 N–H and O–H groups in total. The first-order valence-corrected chi connectivity index (χ1v) is 8.02. The number of carbonyl (C=O) groups is 2. The molecule has 0 spiro atoms. The lowest BCUT2D eigenvalue weighted by Gasteiger charge is -2.32. The Morgan fingerprint density at radius 1 is 1.29 bits per heavy atom. The van der Waals surface area contributed by atoms with Crippen LogP contribution in [0.25, 0.3) is 0 Å². The van der Waals surface area contributed by atoms with Gasteiger partial charge in [0.2, 0.25) is 21.8 Å². The van der Waals surface area contributed by atoms with E-state index in [0.717, 1.165) is 16.4 Å². The van der Waals surface area contributed by atoms with Gasteiger partial charge >= 0.3 is 0 Å². The van der Waals surface area contributed by atoms with Crippen LogP contribution in [-0.2, 0) is 25.4 Å². The van der Waals surface area contributed by atoms with Gasteiger partial charge in [0, 0.05) is 0 Å². The molecular formula is C13H15FN2O4S. The smallest absolute Gasteiger partial charge is 0.245 e. The summed E-state index contributed by atoms with van der Waals surface area (Å²) in [6.07, 6.45) is 0.266. The van der Waals surface area contributed by atoms with Crippen LogP contribution in [0.2, 0.25) is 0 Å². The Balaban J connectivity index is 2.26. The van der Waals surface area contributed by atoms with Crippen LogP contribution in [-0.4, -0.2) is 37.1 Å². The van der Waals surface area contributed by atoms with Crippen molar-refractivity contribution < 1.29 is 22.4 Å². The number of piperazine rings is 1. The van der Waals surface area contributed by atoms with Gasteiger partial charge in [0.05, 0.1) is 12.3 Å². The first-order chi connectivity index (χ1) is 9.83. The zero-order valence-electron chi connectivity index (χ0n) is 11.4. The van der Waals surface area contributed by atoms with E-state index in [4.69, 9.17) is 0 Å². The number of halogens is 1. The Hall–Kier alpha value is -1.80. The normalized spacial score (nSPS) is 20.4. The van der Waals surface area contributed by atoms with E-state index in [9.17, 15) is 22.4 Å². The molecule has 1 heterocycles. The topological polar surface area (TPSA) is 83.6 Å². The fourth-order valence-electron chi connectivity index (χ4n) is 2.20. The number of amides is 2. The lowest BCUT2D eigenvalue weighted by molar-refractivity contribution is -0.137. The van der Waals surface area contributed by atoms with Crippen molar-refractivity contribution in [3.05, 3.63) is 35.6 Å². The molecule has 114 valence electrons. The molecule has 2 rings (SSSR count). The summed E-state index contributed by atoms with van der Waals surface area (Å²) in [5.41, 5.74) is 0.393. The fourth-order valence-corrected chi connectivity index (χ4v) is 3.92. The number of sulfonamides is 1. The molecule has 1 fully saturated rings. The predicted octanol–water partition coefficient (Wildman–Crippen LogP) is 0.393. The van der Waals surface area contributed by atoms with Crippen LogP contribution in [0.15, 0.2) is 24.3 Å². The van der Waals surface area contributed by atoms with E-state index in [2.05, 4.69) is 5.32 Å². The summed E-state index contributed by atoms with van der Waals surface area (Å²) in [5.74, 6) is -2.11. The van der Waals surface area contributed by atoms with Gasteiger partial charge in [-0.2, -0.15) is 4.31 Å². The summed E-state index contributed by atoms with van der Waals surface area (Å²) in [7, 11) is -3.85. The van der Waals surface area contributed by atoms with Crippen molar-refractivity contribution in [3.63, 3.8) is 0 Å². The molecule has 0 aliphatic carbocycles. The summed E-state index contributed by atoms with van der Waals surface area (Å²) in [6.45, 7) is 1.29. The third-order valence-electron chi connectivity index (χ3n) is 3.22. The Morgan fingerprint density at radius 2 is 1.90 bits per heavy atom. The van der Waals surface area contributed by atoms with Gasteiger partial charge in [-0.05, 0) is 24.1 Å². The zero-order chi connectivity index (χ0) is 15.6. The summed E-state index contributed by atoms with van der Waals surface area (Å²) < 4.78 is 38.6.